The predicted octanol–water partition coefficient (Wildman–Crippen LogP) is 13.0. The van der Waals surface area contributed by atoms with Crippen LogP contribution in [0.1, 0.15) is 206 Å². The van der Waals surface area contributed by atoms with Gasteiger partial charge in [0.15, 0.2) is 0 Å². The fourth-order valence-corrected chi connectivity index (χ4v) is 5.75. The number of allylic oxidation sites excluding steroid dienone is 4. The van der Waals surface area contributed by atoms with Gasteiger partial charge in [0, 0.05) is 0 Å². The minimum Gasteiger partial charge on any atom is -0.317 e. The molecule has 0 radical (unpaired) electrons. The normalized spacial score (nSPS) is 12.0. The summed E-state index contributed by atoms with van der Waals surface area (Å²) >= 11 is 0. The van der Waals surface area contributed by atoms with Crippen molar-refractivity contribution in [3.63, 3.8) is 0 Å². The minimum absolute atomic E-state index is 1.20. The second kappa shape index (κ2) is 40.4. The zero-order chi connectivity index (χ0) is 30.3. The number of hydrogen-bond donors (Lipinski definition) is 2. The van der Waals surface area contributed by atoms with Gasteiger partial charge in [-0.1, -0.05) is 154 Å². The molecule has 0 aromatic rings. The Morgan fingerprint density at radius 3 is 0.762 bits per heavy atom. The van der Waals surface area contributed by atoms with Gasteiger partial charge in [-0.2, -0.15) is 0 Å². The summed E-state index contributed by atoms with van der Waals surface area (Å²) in [5, 5.41) is 7.31. The Balaban J connectivity index is 3.09. The summed E-state index contributed by atoms with van der Waals surface area (Å²) in [5.74, 6) is 0. The van der Waals surface area contributed by atoms with Crippen molar-refractivity contribution in [2.75, 3.05) is 26.2 Å². The molecule has 0 bridgehead atoms. The van der Waals surface area contributed by atoms with Crippen LogP contribution < -0.4 is 10.6 Å². The van der Waals surface area contributed by atoms with Crippen LogP contribution in [-0.2, 0) is 0 Å². The molecule has 0 aromatic carbocycles. The van der Waals surface area contributed by atoms with E-state index < -0.39 is 0 Å². The molecule has 0 aliphatic carbocycles. The van der Waals surface area contributed by atoms with Gasteiger partial charge in [0.2, 0.25) is 0 Å². The quantitative estimate of drug-likeness (QED) is 0.0557. The van der Waals surface area contributed by atoms with Gasteiger partial charge in [0.05, 0.1) is 0 Å². The van der Waals surface area contributed by atoms with Crippen LogP contribution in [0.25, 0.3) is 0 Å². The predicted molar refractivity (Wildman–Crippen MR) is 194 cm³/mol. The summed E-state index contributed by atoms with van der Waals surface area (Å²) in [6.45, 7) is 9.40. The Labute approximate surface area is 267 Å². The van der Waals surface area contributed by atoms with Gasteiger partial charge in [-0.25, -0.2) is 0 Å². The fourth-order valence-electron chi connectivity index (χ4n) is 5.75. The van der Waals surface area contributed by atoms with E-state index in [1.165, 1.54) is 219 Å². The molecule has 0 heterocycles. The molecule has 250 valence electrons. The maximum absolute atomic E-state index is 3.65. The highest BCUT2D eigenvalue weighted by molar-refractivity contribution is 4.82. The molecule has 0 aromatic heterocycles. The zero-order valence-corrected chi connectivity index (χ0v) is 29.4. The van der Waals surface area contributed by atoms with Crippen LogP contribution in [0.2, 0.25) is 0 Å². The number of hydrogen-bond acceptors (Lipinski definition) is 2. The summed E-state index contributed by atoms with van der Waals surface area (Å²) in [7, 11) is 0. The van der Waals surface area contributed by atoms with Crippen molar-refractivity contribution in [3.8, 4) is 0 Å². The Kier molecular flexibility index (Phi) is 39.8. The first-order valence-corrected chi connectivity index (χ1v) is 19.6. The molecule has 0 spiro atoms. The molecule has 2 heteroatoms. The molecule has 42 heavy (non-hydrogen) atoms. The minimum atomic E-state index is 1.20. The van der Waals surface area contributed by atoms with Crippen molar-refractivity contribution in [2.45, 2.75) is 206 Å². The molecule has 2 nitrogen and oxygen atoms in total. The SMILES string of the molecule is CCCCCCCC/C=C\CCCCCCCCNCCCCNCCCCCCCC/C=C\CCCCCCCC. The van der Waals surface area contributed by atoms with Crippen LogP contribution in [0.15, 0.2) is 24.3 Å². The van der Waals surface area contributed by atoms with Gasteiger partial charge in [-0.15, -0.1) is 0 Å². The molecule has 0 aliphatic heterocycles. The molecule has 0 saturated heterocycles. The van der Waals surface area contributed by atoms with Gasteiger partial charge in [-0.3, -0.25) is 0 Å². The Hall–Kier alpha value is -0.600. The average Bonchev–Trinajstić information content (AvgIpc) is 3.00. The second-order valence-electron chi connectivity index (χ2n) is 13.1. The fraction of sp³-hybridized carbons (Fsp3) is 0.900. The van der Waals surface area contributed by atoms with Gasteiger partial charge in [0.25, 0.3) is 0 Å². The van der Waals surface area contributed by atoms with E-state index in [9.17, 15) is 0 Å². The second-order valence-corrected chi connectivity index (χ2v) is 13.1. The molecule has 0 saturated carbocycles. The topological polar surface area (TPSA) is 24.1 Å². The van der Waals surface area contributed by atoms with Crippen LogP contribution >= 0.6 is 0 Å². The van der Waals surface area contributed by atoms with Crippen LogP contribution in [0.3, 0.4) is 0 Å². The average molecular weight is 589 g/mol. The van der Waals surface area contributed by atoms with E-state index in [1.807, 2.05) is 0 Å². The molecule has 0 fully saturated rings. The Morgan fingerprint density at radius 1 is 0.262 bits per heavy atom. The molecule has 0 rings (SSSR count). The zero-order valence-electron chi connectivity index (χ0n) is 29.4. The van der Waals surface area contributed by atoms with Gasteiger partial charge in [-0.05, 0) is 103 Å². The molecule has 2 N–H and O–H groups in total. The number of unbranched alkanes of at least 4 members (excludes halogenated alkanes) is 25. The van der Waals surface area contributed by atoms with E-state index in [-0.39, 0.29) is 0 Å². The highest BCUT2D eigenvalue weighted by atomic mass is 14.9. The maximum Gasteiger partial charge on any atom is -0.00484 e. The van der Waals surface area contributed by atoms with Crippen LogP contribution in [0, 0.1) is 0 Å². The van der Waals surface area contributed by atoms with Crippen LogP contribution in [0.4, 0.5) is 0 Å². The highest BCUT2D eigenvalue weighted by Crippen LogP contribution is 2.11. The van der Waals surface area contributed by atoms with Crippen molar-refractivity contribution < 1.29 is 0 Å². The monoisotopic (exact) mass is 589 g/mol. The van der Waals surface area contributed by atoms with Gasteiger partial charge in [0.1, 0.15) is 0 Å². The lowest BCUT2D eigenvalue weighted by atomic mass is 10.1. The third-order valence-electron chi connectivity index (χ3n) is 8.69. The molecule has 0 unspecified atom stereocenters. The third kappa shape index (κ3) is 39.4. The van der Waals surface area contributed by atoms with E-state index in [0.717, 1.165) is 0 Å². The largest absolute Gasteiger partial charge is 0.317 e. The first-order chi connectivity index (χ1) is 20.9. The molecular weight excluding hydrogens is 508 g/mol. The number of rotatable bonds is 37. The highest BCUT2D eigenvalue weighted by Gasteiger charge is 1.95. The summed E-state index contributed by atoms with van der Waals surface area (Å²) in [5.41, 5.74) is 0. The van der Waals surface area contributed by atoms with E-state index in [4.69, 9.17) is 0 Å². The first kappa shape index (κ1) is 41.4. The Morgan fingerprint density at radius 2 is 0.476 bits per heavy atom. The van der Waals surface area contributed by atoms with Crippen molar-refractivity contribution >= 4 is 0 Å². The standard InChI is InChI=1S/C40H80N2/c1-3-5-7-9-11-13-15-17-19-21-23-25-27-29-31-33-37-41-39-35-36-40-42-38-34-32-30-28-26-24-22-20-18-16-14-12-10-8-6-4-2/h17-20,41-42H,3-16,21-40H2,1-2H3/b19-17-,20-18-. The van der Waals surface area contributed by atoms with E-state index >= 15 is 0 Å². The van der Waals surface area contributed by atoms with E-state index in [2.05, 4.69) is 48.8 Å². The van der Waals surface area contributed by atoms with Crippen molar-refractivity contribution in [1.29, 1.82) is 0 Å². The summed E-state index contributed by atoms with van der Waals surface area (Å²) in [6, 6.07) is 0. The van der Waals surface area contributed by atoms with Crippen molar-refractivity contribution in [1.82, 2.24) is 10.6 Å². The third-order valence-corrected chi connectivity index (χ3v) is 8.69. The van der Waals surface area contributed by atoms with E-state index in [0.29, 0.717) is 0 Å². The summed E-state index contributed by atoms with van der Waals surface area (Å²) in [6.07, 6.45) is 51.3. The molecule has 0 amide bonds. The van der Waals surface area contributed by atoms with Crippen molar-refractivity contribution in [3.05, 3.63) is 24.3 Å². The van der Waals surface area contributed by atoms with Gasteiger partial charge >= 0.3 is 0 Å². The lowest BCUT2D eigenvalue weighted by Crippen LogP contribution is -2.20. The Bertz CT molecular complexity index is 466. The summed E-state index contributed by atoms with van der Waals surface area (Å²) in [4.78, 5) is 0. The van der Waals surface area contributed by atoms with Crippen LogP contribution in [-0.4, -0.2) is 26.2 Å². The molecule has 0 aliphatic rings. The lowest BCUT2D eigenvalue weighted by molar-refractivity contribution is 0.534. The van der Waals surface area contributed by atoms with E-state index in [1.54, 1.807) is 0 Å². The van der Waals surface area contributed by atoms with Gasteiger partial charge < -0.3 is 10.6 Å². The number of nitrogens with one attached hydrogen (secondary N) is 2. The first-order valence-electron chi connectivity index (χ1n) is 19.6. The summed E-state index contributed by atoms with van der Waals surface area (Å²) < 4.78 is 0. The molecular formula is C40H80N2. The lowest BCUT2D eigenvalue weighted by Gasteiger charge is -2.06. The smallest absolute Gasteiger partial charge is 0.00484 e. The molecule has 0 atom stereocenters. The van der Waals surface area contributed by atoms with Crippen LogP contribution in [0.5, 0.6) is 0 Å². The van der Waals surface area contributed by atoms with Crippen molar-refractivity contribution in [2.24, 2.45) is 0 Å². The maximum atomic E-state index is 3.65.